The van der Waals surface area contributed by atoms with E-state index in [1.165, 1.54) is 24.1 Å². The van der Waals surface area contributed by atoms with Crippen LogP contribution in [-0.2, 0) is 6.42 Å². The Morgan fingerprint density at radius 1 is 0.741 bits per heavy atom. The van der Waals surface area contributed by atoms with Crippen molar-refractivity contribution in [3.05, 3.63) is 66.2 Å². The molecule has 2 aliphatic heterocycles. The van der Waals surface area contributed by atoms with Gasteiger partial charge in [0.05, 0.1) is 5.69 Å². The van der Waals surface area contributed by atoms with E-state index in [2.05, 4.69) is 64.4 Å². The van der Waals surface area contributed by atoms with E-state index >= 15 is 0 Å². The molecule has 0 aliphatic carbocycles. The number of para-hydroxylation sites is 1. The van der Waals surface area contributed by atoms with E-state index in [0.717, 1.165) is 55.5 Å². The van der Waals surface area contributed by atoms with Gasteiger partial charge in [0.15, 0.2) is 0 Å². The van der Waals surface area contributed by atoms with Crippen LogP contribution in [0, 0.1) is 0 Å². The number of hydrogen-bond donors (Lipinski definition) is 0. The van der Waals surface area contributed by atoms with Gasteiger partial charge in [-0.25, -0.2) is 4.98 Å². The molecule has 5 rings (SSSR count). The lowest BCUT2D eigenvalue weighted by molar-refractivity contribution is 0.749. The van der Waals surface area contributed by atoms with Gasteiger partial charge in [0, 0.05) is 37.0 Å². The van der Waals surface area contributed by atoms with E-state index in [4.69, 9.17) is 9.97 Å². The van der Waals surface area contributed by atoms with Crippen molar-refractivity contribution in [2.45, 2.75) is 25.7 Å². The topological polar surface area (TPSA) is 32.3 Å². The van der Waals surface area contributed by atoms with E-state index in [-0.39, 0.29) is 0 Å². The van der Waals surface area contributed by atoms with Crippen LogP contribution in [0.25, 0.3) is 11.3 Å². The summed E-state index contributed by atoms with van der Waals surface area (Å²) in [5.41, 5.74) is 4.79. The summed E-state index contributed by atoms with van der Waals surface area (Å²) in [6, 6.07) is 21.3. The highest BCUT2D eigenvalue weighted by molar-refractivity contribution is 5.69. The van der Waals surface area contributed by atoms with Crippen LogP contribution < -0.4 is 9.80 Å². The maximum Gasteiger partial charge on any atom is 0.232 e. The Bertz CT molecular complexity index is 932. The van der Waals surface area contributed by atoms with Crippen LogP contribution in [-0.4, -0.2) is 29.6 Å². The zero-order valence-corrected chi connectivity index (χ0v) is 15.5. The lowest BCUT2D eigenvalue weighted by Crippen LogP contribution is -2.27. The average molecular weight is 356 g/mol. The fourth-order valence-corrected chi connectivity index (χ4v) is 4.15. The average Bonchev–Trinajstić information content (AvgIpc) is 3.29. The van der Waals surface area contributed by atoms with Crippen LogP contribution in [0.15, 0.2) is 60.7 Å². The molecule has 0 saturated carbocycles. The first-order valence-electron chi connectivity index (χ1n) is 9.93. The van der Waals surface area contributed by atoms with E-state index < -0.39 is 0 Å². The summed E-state index contributed by atoms with van der Waals surface area (Å²) in [4.78, 5) is 14.7. The summed E-state index contributed by atoms with van der Waals surface area (Å²) in [7, 11) is 0. The molecule has 1 saturated heterocycles. The highest BCUT2D eigenvalue weighted by atomic mass is 15.3. The highest BCUT2D eigenvalue weighted by Crippen LogP contribution is 2.34. The molecular weight excluding hydrogens is 332 g/mol. The van der Waals surface area contributed by atoms with Crippen molar-refractivity contribution in [1.82, 2.24) is 9.97 Å². The van der Waals surface area contributed by atoms with Crippen molar-refractivity contribution in [3.8, 4) is 11.3 Å². The first kappa shape index (κ1) is 16.3. The number of hydrogen-bond acceptors (Lipinski definition) is 4. The number of fused-ring (bicyclic) bond motifs is 1. The van der Waals surface area contributed by atoms with Crippen molar-refractivity contribution in [2.24, 2.45) is 0 Å². The van der Waals surface area contributed by atoms with Gasteiger partial charge in [0.25, 0.3) is 0 Å². The van der Waals surface area contributed by atoms with Crippen LogP contribution in [0.4, 0.5) is 17.5 Å². The Balaban J connectivity index is 1.63. The van der Waals surface area contributed by atoms with Crippen molar-refractivity contribution in [1.29, 1.82) is 0 Å². The zero-order chi connectivity index (χ0) is 18.1. The molecule has 0 atom stereocenters. The van der Waals surface area contributed by atoms with Crippen LogP contribution in [0.2, 0.25) is 0 Å². The fraction of sp³-hybridized carbons (Fsp3) is 0.304. The second-order valence-electron chi connectivity index (χ2n) is 7.36. The second kappa shape index (κ2) is 7.03. The van der Waals surface area contributed by atoms with Gasteiger partial charge in [0.1, 0.15) is 5.82 Å². The van der Waals surface area contributed by atoms with Gasteiger partial charge in [-0.3, -0.25) is 0 Å². The Morgan fingerprint density at radius 2 is 1.52 bits per heavy atom. The Labute approximate surface area is 160 Å². The van der Waals surface area contributed by atoms with Crippen molar-refractivity contribution < 1.29 is 0 Å². The van der Waals surface area contributed by atoms with Gasteiger partial charge in [-0.15, -0.1) is 0 Å². The van der Waals surface area contributed by atoms with E-state index in [1.54, 1.807) is 0 Å². The van der Waals surface area contributed by atoms with Crippen LogP contribution in [0.5, 0.6) is 0 Å². The fourth-order valence-electron chi connectivity index (χ4n) is 4.15. The normalized spacial score (nSPS) is 16.4. The molecule has 2 aliphatic rings. The quantitative estimate of drug-likeness (QED) is 0.673. The molecule has 3 aromatic rings. The molecule has 0 radical (unpaired) electrons. The van der Waals surface area contributed by atoms with Gasteiger partial charge in [-0.05, 0) is 37.3 Å². The predicted molar refractivity (Wildman–Crippen MR) is 111 cm³/mol. The summed E-state index contributed by atoms with van der Waals surface area (Å²) in [6.45, 7) is 3.14. The van der Waals surface area contributed by atoms with Gasteiger partial charge < -0.3 is 9.80 Å². The monoisotopic (exact) mass is 356 g/mol. The maximum absolute atomic E-state index is 5.00. The Kier molecular flexibility index (Phi) is 4.24. The molecule has 2 aromatic carbocycles. The molecule has 4 nitrogen and oxygen atoms in total. The third-order valence-electron chi connectivity index (χ3n) is 5.55. The number of rotatable bonds is 3. The smallest absolute Gasteiger partial charge is 0.232 e. The van der Waals surface area contributed by atoms with Crippen molar-refractivity contribution in [2.75, 3.05) is 29.4 Å². The maximum atomic E-state index is 5.00. The molecule has 1 aromatic heterocycles. The van der Waals surface area contributed by atoms with E-state index in [0.29, 0.717) is 0 Å². The summed E-state index contributed by atoms with van der Waals surface area (Å²) < 4.78 is 0. The number of aromatic nitrogens is 2. The largest absolute Gasteiger partial charge is 0.356 e. The Hall–Kier alpha value is -2.88. The molecule has 1 fully saturated rings. The molecule has 0 N–H and O–H groups in total. The van der Waals surface area contributed by atoms with Crippen LogP contribution in [0.1, 0.15) is 24.8 Å². The standard InChI is InChI=1S/C23H24N4/c1-2-9-18(10-3-1)20-17-22(26-14-6-7-15-26)25-23(24-20)27-16-8-12-19-11-4-5-13-21(19)27/h1-5,9-11,13,17H,6-8,12,14-16H2. The van der Waals surface area contributed by atoms with Crippen LogP contribution in [0.3, 0.4) is 0 Å². The minimum absolute atomic E-state index is 0.824. The minimum atomic E-state index is 0.824. The van der Waals surface area contributed by atoms with E-state index in [9.17, 15) is 0 Å². The first-order valence-corrected chi connectivity index (χ1v) is 9.93. The van der Waals surface area contributed by atoms with Crippen LogP contribution >= 0.6 is 0 Å². The molecule has 0 bridgehead atoms. The van der Waals surface area contributed by atoms with Crippen molar-refractivity contribution >= 4 is 17.5 Å². The van der Waals surface area contributed by atoms with Gasteiger partial charge >= 0.3 is 0 Å². The summed E-state index contributed by atoms with van der Waals surface area (Å²) >= 11 is 0. The van der Waals surface area contributed by atoms with Crippen molar-refractivity contribution in [3.63, 3.8) is 0 Å². The first-order chi connectivity index (χ1) is 13.4. The number of anilines is 3. The van der Waals surface area contributed by atoms with Gasteiger partial charge in [0.2, 0.25) is 5.95 Å². The third kappa shape index (κ3) is 3.16. The molecular formula is C23H24N4. The molecule has 3 heterocycles. The third-order valence-corrected chi connectivity index (χ3v) is 5.55. The number of nitrogens with zero attached hydrogens (tertiary/aromatic N) is 4. The molecule has 4 heteroatoms. The molecule has 0 amide bonds. The summed E-state index contributed by atoms with van der Waals surface area (Å²) in [5.74, 6) is 1.88. The molecule has 0 unspecified atom stereocenters. The molecule has 136 valence electrons. The minimum Gasteiger partial charge on any atom is -0.356 e. The zero-order valence-electron chi connectivity index (χ0n) is 15.5. The lowest BCUT2D eigenvalue weighted by Gasteiger charge is -2.30. The summed E-state index contributed by atoms with van der Waals surface area (Å²) in [5, 5.41) is 0. The summed E-state index contributed by atoms with van der Waals surface area (Å²) in [6.07, 6.45) is 4.75. The van der Waals surface area contributed by atoms with E-state index in [1.807, 2.05) is 6.07 Å². The Morgan fingerprint density at radius 3 is 2.37 bits per heavy atom. The van der Waals surface area contributed by atoms with Gasteiger partial charge in [-0.2, -0.15) is 4.98 Å². The molecule has 27 heavy (non-hydrogen) atoms. The lowest BCUT2D eigenvalue weighted by atomic mass is 10.0. The highest BCUT2D eigenvalue weighted by Gasteiger charge is 2.23. The SMILES string of the molecule is c1ccc(-c2cc(N3CCCC3)nc(N3CCCc4ccccc43)n2)cc1. The second-order valence-corrected chi connectivity index (χ2v) is 7.36. The number of aryl methyl sites for hydroxylation is 1. The predicted octanol–water partition coefficient (Wildman–Crippen LogP) is 4.83. The molecule has 0 spiro atoms. The van der Waals surface area contributed by atoms with Gasteiger partial charge in [-0.1, -0.05) is 48.5 Å². The number of benzene rings is 2.